The second kappa shape index (κ2) is 66.9. The third-order valence-electron chi connectivity index (χ3n) is 26.5. The van der Waals surface area contributed by atoms with Crippen molar-refractivity contribution in [2.75, 3.05) is 0 Å². The van der Waals surface area contributed by atoms with E-state index in [1.54, 1.807) is 0 Å². The van der Waals surface area contributed by atoms with Gasteiger partial charge in [-0.2, -0.15) is 96.5 Å². The predicted molar refractivity (Wildman–Crippen MR) is 583 cm³/mol. The zero-order valence-corrected chi connectivity index (χ0v) is 89.7. The first-order valence-electron chi connectivity index (χ1n) is 50.9. The van der Waals surface area contributed by atoms with E-state index in [0.29, 0.717) is 47.3 Å². The number of hydrogen-bond acceptors (Lipinski definition) is 3. The second-order valence-corrected chi connectivity index (χ2v) is 41.4. The van der Waals surface area contributed by atoms with Crippen LogP contribution in [-0.4, -0.2) is 22.8 Å². The molecule has 0 spiro atoms. The summed E-state index contributed by atoms with van der Waals surface area (Å²) in [5.41, 5.74) is 20.3. The van der Waals surface area contributed by atoms with Crippen LogP contribution in [0.1, 0.15) is 379 Å². The van der Waals surface area contributed by atoms with Crippen LogP contribution in [0.5, 0.6) is 0 Å². The molecule has 0 bridgehead atoms. The fraction of sp³-hybridized carbons (Fsp3) is 0.419. The van der Waals surface area contributed by atoms with Crippen molar-refractivity contribution in [1.29, 1.82) is 0 Å². The summed E-state index contributed by atoms with van der Waals surface area (Å²) in [4.78, 5) is 4.40. The summed E-state index contributed by atoms with van der Waals surface area (Å²) < 4.78 is 0. The Bertz CT molecular complexity index is 4640. The number of benzene rings is 11. The molecule has 11 aromatic rings. The van der Waals surface area contributed by atoms with Gasteiger partial charge in [0.05, 0.1) is 5.54 Å². The molecule has 14 unspecified atom stereocenters. The van der Waals surface area contributed by atoms with Gasteiger partial charge in [-0.25, -0.2) is 0 Å². The Hall–Kier alpha value is -7.64. The van der Waals surface area contributed by atoms with Crippen molar-refractivity contribution < 1.29 is 75.4 Å². The molecule has 0 saturated carbocycles. The topological polar surface area (TPSA) is 36.4 Å². The molecule has 14 atom stereocenters. The molecule has 11 rings (SSSR count). The standard InChI is InChI=1S/C56H76N2.C34H44.C18H28.C11H15N.C10H10.4Li/c1-11-41(3)36-49(39-51(43-26-17-13-18-27-43)53(57-55(5,6)7)45-30-21-15-22-31-45)47-34-25-35-48(38-47)50(37-42(4)12-2)40-52(44-28-19-14-20-29-44)54(58-56(8,9)10)46-32-23-16-24-33-46;1-5-27(3)24-33(22-20-29-14-9-7-10-15-29)31-18-13-19-32(26-31)34(25-28(4)6-2)23-21-30-16-11-8-12-17-30;1-5-15(3)10-12-17-8-7-9-18(14-17)13-11-16(4)6-2;1-11(2,3)12-9-10-7-5-4-6-8-10;1-3-9-6-5-7-10(4-2)8-9;;;;/h13-35,38,41-42,49-54,57-58H,11-12,36-37,39-40H2,1-10H3;7-21,26-28,33-34H,5-6,22-25H2,1-4H3;7-9,12-16H,5-6,10-11H2,1-4H3;4-9H,1-3H3;3-8H,1-2H2;;;;/q;2*-2;;;4*+1. The van der Waals surface area contributed by atoms with Crippen LogP contribution in [0.25, 0.3) is 12.2 Å². The molecule has 0 fully saturated rings. The van der Waals surface area contributed by atoms with Crippen molar-refractivity contribution >= 4 is 18.4 Å². The minimum Gasteiger partial charge on any atom is -0.305 e. The fourth-order valence-electron chi connectivity index (χ4n) is 17.4. The van der Waals surface area contributed by atoms with Crippen LogP contribution in [-0.2, 0) is 0 Å². The molecule has 0 aromatic heterocycles. The number of rotatable bonds is 45. The van der Waals surface area contributed by atoms with Crippen LogP contribution in [0, 0.1) is 61.2 Å². The summed E-state index contributed by atoms with van der Waals surface area (Å²) in [6.07, 6.45) is 34.1. The molecule has 136 heavy (non-hydrogen) atoms. The van der Waals surface area contributed by atoms with E-state index in [1.165, 1.54) is 144 Å². The van der Waals surface area contributed by atoms with Crippen molar-refractivity contribution in [3.63, 3.8) is 0 Å². The van der Waals surface area contributed by atoms with Gasteiger partial charge in [0.1, 0.15) is 0 Å². The molecule has 3 nitrogen and oxygen atoms in total. The number of aliphatic imine (C=N–C) groups is 1. The Morgan fingerprint density at radius 1 is 0.265 bits per heavy atom. The number of hydrogen-bond donors (Lipinski definition) is 2. The van der Waals surface area contributed by atoms with Gasteiger partial charge in [0, 0.05) is 41.2 Å². The molecule has 0 amide bonds. The maximum atomic E-state index is 4.40. The van der Waals surface area contributed by atoms with E-state index in [2.05, 4.69) is 467 Å². The molecule has 0 heterocycles. The fourth-order valence-corrected chi connectivity index (χ4v) is 17.4. The van der Waals surface area contributed by atoms with E-state index in [4.69, 9.17) is 0 Å². The molecule has 7 heteroatoms. The Labute approximate surface area is 881 Å². The molecule has 11 aromatic carbocycles. The summed E-state index contributed by atoms with van der Waals surface area (Å²) in [5, 5.41) is 8.25. The molecular weight excluding hydrogens is 1620 g/mol. The van der Waals surface area contributed by atoms with E-state index in [9.17, 15) is 0 Å². The quantitative estimate of drug-likeness (QED) is 0.0227. The third-order valence-corrected chi connectivity index (χ3v) is 26.5. The van der Waals surface area contributed by atoms with Crippen LogP contribution in [0.3, 0.4) is 0 Å². The van der Waals surface area contributed by atoms with Crippen molar-refractivity contribution in [2.24, 2.45) is 40.5 Å². The first-order valence-corrected chi connectivity index (χ1v) is 50.9. The van der Waals surface area contributed by atoms with Gasteiger partial charge >= 0.3 is 75.4 Å². The molecule has 0 radical (unpaired) electrons. The second-order valence-electron chi connectivity index (χ2n) is 41.4. The van der Waals surface area contributed by atoms with Crippen LogP contribution in [0.15, 0.2) is 328 Å². The molecule has 0 aliphatic carbocycles. The van der Waals surface area contributed by atoms with Crippen molar-refractivity contribution in [3.8, 4) is 0 Å². The largest absolute Gasteiger partial charge is 1.00 e. The summed E-state index contributed by atoms with van der Waals surface area (Å²) >= 11 is 0. The van der Waals surface area contributed by atoms with Gasteiger partial charge in [0.15, 0.2) is 0 Å². The van der Waals surface area contributed by atoms with Crippen molar-refractivity contribution in [1.82, 2.24) is 10.6 Å². The summed E-state index contributed by atoms with van der Waals surface area (Å²) in [6.45, 7) is 55.7. The van der Waals surface area contributed by atoms with Crippen LogP contribution in [0.4, 0.5) is 0 Å². The van der Waals surface area contributed by atoms with E-state index < -0.39 is 0 Å². The Morgan fingerprint density at radius 2 is 0.515 bits per heavy atom. The minimum absolute atomic E-state index is 0. The van der Waals surface area contributed by atoms with E-state index >= 15 is 0 Å². The van der Waals surface area contributed by atoms with Crippen LogP contribution < -0.4 is 86.1 Å². The van der Waals surface area contributed by atoms with Gasteiger partial charge in [-0.1, -0.05) is 415 Å². The number of nitrogens with zero attached hydrogens (tertiary/aromatic N) is 1. The molecule has 708 valence electrons. The van der Waals surface area contributed by atoms with Crippen LogP contribution >= 0.6 is 0 Å². The molecule has 0 saturated heterocycles. The summed E-state index contributed by atoms with van der Waals surface area (Å²) in [7, 11) is 0. The van der Waals surface area contributed by atoms with Gasteiger partial charge in [0.25, 0.3) is 0 Å². The predicted octanol–water partition coefficient (Wildman–Crippen LogP) is 24.9. The SMILES string of the molecule is C=Cc1cccc(C=C)c1.CC(C)(C)N=Cc1ccccc1.CCC(C)CC(CC(c1ccccc1)C(NC(C)(C)C)c1ccccc1)c1cccc(C(CC(C)CC)CC(c2ccccc2)C(NC(C)(C)C)c2ccccc2)c1.CCC(C)CC(C[CH-]c1ccccc1)c1cccc(C(C[CH-]c2ccccc2)CC(C)CC)c1.CCC(C)C[CH-]c1cccc([CH-]CC(C)CC)c1.[Li+].[Li+].[Li+].[Li+]. The Balaban J connectivity index is 0.000000509. The molecular formula is C129H173Li4N3. The molecule has 2 N–H and O–H groups in total. The van der Waals surface area contributed by atoms with Gasteiger partial charge in [0.2, 0.25) is 0 Å². The van der Waals surface area contributed by atoms with E-state index in [0.717, 1.165) is 66.0 Å². The first-order chi connectivity index (χ1) is 63.4. The molecule has 0 aliphatic rings. The summed E-state index contributed by atoms with van der Waals surface area (Å²) in [6, 6.07) is 114. The van der Waals surface area contributed by atoms with E-state index in [1.807, 2.05) is 60.8 Å². The first kappa shape index (κ1) is 123. The third kappa shape index (κ3) is 47.5. The smallest absolute Gasteiger partial charge is 0.305 e. The van der Waals surface area contributed by atoms with Crippen LogP contribution in [0.2, 0.25) is 0 Å². The maximum Gasteiger partial charge on any atom is 1.00 e. The normalized spacial score (nSPS) is 14.3. The Kier molecular flexibility index (Phi) is 60.3. The average Bonchev–Trinajstić information content (AvgIpc) is 0.796. The number of nitrogens with one attached hydrogen (secondary N) is 2. The van der Waals surface area contributed by atoms with Crippen molar-refractivity contribution in [2.45, 2.75) is 312 Å². The minimum atomic E-state index is -0.0440. The Morgan fingerprint density at radius 3 is 0.816 bits per heavy atom. The van der Waals surface area contributed by atoms with Crippen molar-refractivity contribution in [3.05, 3.63) is 432 Å². The van der Waals surface area contributed by atoms with Gasteiger partial charge in [-0.3, -0.25) is 4.99 Å². The van der Waals surface area contributed by atoms with Gasteiger partial charge in [-0.05, 0) is 215 Å². The summed E-state index contributed by atoms with van der Waals surface area (Å²) in [5.74, 6) is 6.88. The monoisotopic (exact) mass is 1790 g/mol. The zero-order valence-electron chi connectivity index (χ0n) is 89.7. The maximum absolute atomic E-state index is 4.40. The van der Waals surface area contributed by atoms with E-state index in [-0.39, 0.29) is 104 Å². The average molecular weight is 1790 g/mol. The van der Waals surface area contributed by atoms with Gasteiger partial charge in [-0.15, -0.1) is 24.3 Å². The molecule has 0 aliphatic heterocycles. The zero-order chi connectivity index (χ0) is 95.7. The van der Waals surface area contributed by atoms with Gasteiger partial charge < -0.3 is 10.6 Å².